The van der Waals surface area contributed by atoms with Gasteiger partial charge in [-0.3, -0.25) is 4.79 Å². The van der Waals surface area contributed by atoms with Crippen molar-refractivity contribution in [2.24, 2.45) is 5.92 Å². The fourth-order valence-corrected chi connectivity index (χ4v) is 5.13. The molecule has 0 aromatic heterocycles. The molecule has 34 heavy (non-hydrogen) atoms. The zero-order chi connectivity index (χ0) is 25.2. The molecule has 1 aromatic carbocycles. The number of piperidine rings is 1. The van der Waals surface area contributed by atoms with E-state index < -0.39 is 39.6 Å². The first-order chi connectivity index (χ1) is 16.1. The number of amides is 2. The number of nitrogens with zero attached hydrogens (tertiary/aromatic N) is 1. The third-order valence-corrected chi connectivity index (χ3v) is 6.98. The van der Waals surface area contributed by atoms with E-state index in [1.54, 1.807) is 6.92 Å². The monoisotopic (exact) mass is 497 g/mol. The number of carbonyl (C=O) groups excluding carboxylic acids is 3. The molecule has 0 aliphatic carbocycles. The third kappa shape index (κ3) is 8.28. The minimum absolute atomic E-state index is 0.0193. The summed E-state index contributed by atoms with van der Waals surface area (Å²) in [4.78, 5) is 39.6. The van der Waals surface area contributed by atoms with Crippen LogP contribution in [0, 0.1) is 5.92 Å². The lowest BCUT2D eigenvalue weighted by molar-refractivity contribution is -0.154. The molecule has 1 aromatic rings. The first-order valence-electron chi connectivity index (χ1n) is 11.6. The summed E-state index contributed by atoms with van der Waals surface area (Å²) in [6, 6.07) is 9.26. The number of nitrogens with one attached hydrogen (secondary N) is 2. The predicted octanol–water partition coefficient (Wildman–Crippen LogP) is 2.15. The second-order valence-corrected chi connectivity index (χ2v) is 10.3. The topological polar surface area (TPSA) is 131 Å². The summed E-state index contributed by atoms with van der Waals surface area (Å²) in [5.74, 6) is -2.27. The van der Waals surface area contributed by atoms with Gasteiger partial charge in [-0.1, -0.05) is 43.7 Å². The van der Waals surface area contributed by atoms with E-state index in [4.69, 9.17) is 9.47 Å². The SMILES string of the molecule is CCCCS(=O)(=O)N[C@@](C)(NC(=O)[C@@H]1CCCN(C(=O)OCc2ccccc2)C1)C(=O)OCC. The van der Waals surface area contributed by atoms with E-state index in [0.717, 1.165) is 5.56 Å². The summed E-state index contributed by atoms with van der Waals surface area (Å²) in [7, 11) is -3.85. The van der Waals surface area contributed by atoms with Gasteiger partial charge in [0.2, 0.25) is 21.6 Å². The summed E-state index contributed by atoms with van der Waals surface area (Å²) >= 11 is 0. The highest BCUT2D eigenvalue weighted by Gasteiger charge is 2.42. The molecule has 2 N–H and O–H groups in total. The van der Waals surface area contributed by atoms with Crippen molar-refractivity contribution < 1.29 is 32.3 Å². The van der Waals surface area contributed by atoms with Crippen molar-refractivity contribution in [2.45, 2.75) is 58.7 Å². The molecule has 0 bridgehead atoms. The molecule has 2 atom stereocenters. The van der Waals surface area contributed by atoms with Gasteiger partial charge < -0.3 is 19.7 Å². The van der Waals surface area contributed by atoms with Crippen LogP contribution in [0.25, 0.3) is 0 Å². The van der Waals surface area contributed by atoms with E-state index >= 15 is 0 Å². The predicted molar refractivity (Wildman–Crippen MR) is 126 cm³/mol. The van der Waals surface area contributed by atoms with Crippen LogP contribution in [0.5, 0.6) is 0 Å². The molecular weight excluding hydrogens is 462 g/mol. The molecule has 2 rings (SSSR count). The quantitative estimate of drug-likeness (QED) is 0.354. The fourth-order valence-electron chi connectivity index (χ4n) is 3.61. The van der Waals surface area contributed by atoms with Crippen LogP contribution in [0.2, 0.25) is 0 Å². The number of likely N-dealkylation sites (tertiary alicyclic amines) is 1. The third-order valence-electron chi connectivity index (χ3n) is 5.44. The molecule has 1 aliphatic rings. The van der Waals surface area contributed by atoms with E-state index in [1.807, 2.05) is 37.3 Å². The Balaban J connectivity index is 2.04. The Morgan fingerprint density at radius 3 is 2.50 bits per heavy atom. The van der Waals surface area contributed by atoms with Crippen LogP contribution >= 0.6 is 0 Å². The molecule has 0 saturated carbocycles. The lowest BCUT2D eigenvalue weighted by atomic mass is 9.96. The number of sulfonamides is 1. The zero-order valence-corrected chi connectivity index (χ0v) is 20.9. The number of hydrogen-bond donors (Lipinski definition) is 2. The molecule has 1 heterocycles. The maximum Gasteiger partial charge on any atom is 0.410 e. The van der Waals surface area contributed by atoms with Crippen LogP contribution in [-0.2, 0) is 35.7 Å². The van der Waals surface area contributed by atoms with Gasteiger partial charge in [-0.15, -0.1) is 0 Å². The minimum Gasteiger partial charge on any atom is -0.463 e. The molecule has 190 valence electrons. The van der Waals surface area contributed by atoms with Gasteiger partial charge in [0.15, 0.2) is 0 Å². The highest BCUT2D eigenvalue weighted by molar-refractivity contribution is 7.89. The van der Waals surface area contributed by atoms with Crippen molar-refractivity contribution in [3.05, 3.63) is 35.9 Å². The summed E-state index contributed by atoms with van der Waals surface area (Å²) in [6.45, 7) is 5.38. The molecule has 0 unspecified atom stereocenters. The standard InChI is InChI=1S/C23H35N3O7S/c1-4-6-15-34(30,31)25-23(3,21(28)32-5-2)24-20(27)19-13-10-14-26(16-19)22(29)33-17-18-11-8-7-9-12-18/h7-9,11-12,19,25H,4-6,10,13-17H2,1-3H3,(H,24,27)/t19-,23-/m1/s1. The van der Waals surface area contributed by atoms with Gasteiger partial charge in [-0.25, -0.2) is 18.0 Å². The number of ether oxygens (including phenoxy) is 2. The summed E-state index contributed by atoms with van der Waals surface area (Å²) in [5, 5.41) is 2.52. The maximum atomic E-state index is 13.0. The lowest BCUT2D eigenvalue weighted by Crippen LogP contribution is -2.65. The number of hydrogen-bond acceptors (Lipinski definition) is 7. The molecule has 0 spiro atoms. The Morgan fingerprint density at radius 2 is 1.85 bits per heavy atom. The molecule has 2 amide bonds. The van der Waals surface area contributed by atoms with E-state index in [1.165, 1.54) is 11.8 Å². The first-order valence-corrected chi connectivity index (χ1v) is 13.2. The Morgan fingerprint density at radius 1 is 1.15 bits per heavy atom. The normalized spacial score (nSPS) is 18.0. The fraction of sp³-hybridized carbons (Fsp3) is 0.609. The molecule has 10 nitrogen and oxygen atoms in total. The number of esters is 1. The van der Waals surface area contributed by atoms with Crippen molar-refractivity contribution in [3.63, 3.8) is 0 Å². The Hall–Kier alpha value is -2.66. The van der Waals surface area contributed by atoms with Crippen LogP contribution in [0.4, 0.5) is 4.79 Å². The second kappa shape index (κ2) is 12.7. The van der Waals surface area contributed by atoms with Gasteiger partial charge in [-0.05, 0) is 38.7 Å². The average molecular weight is 498 g/mol. The van der Waals surface area contributed by atoms with Gasteiger partial charge in [0.25, 0.3) is 0 Å². The summed E-state index contributed by atoms with van der Waals surface area (Å²) in [5.41, 5.74) is -1.11. The Kier molecular flexibility index (Phi) is 10.3. The Labute approximate surface area is 201 Å². The molecule has 11 heteroatoms. The molecular formula is C23H35N3O7S. The summed E-state index contributed by atoms with van der Waals surface area (Å²) in [6.07, 6.45) is 1.58. The molecule has 0 radical (unpaired) electrons. The van der Waals surface area contributed by atoms with Crippen LogP contribution in [-0.4, -0.2) is 62.4 Å². The minimum atomic E-state index is -3.85. The average Bonchev–Trinajstić information content (AvgIpc) is 2.81. The van der Waals surface area contributed by atoms with Crippen molar-refractivity contribution >= 4 is 28.0 Å². The van der Waals surface area contributed by atoms with Gasteiger partial charge >= 0.3 is 12.1 Å². The van der Waals surface area contributed by atoms with Crippen LogP contribution in [0.15, 0.2) is 30.3 Å². The number of rotatable bonds is 11. The summed E-state index contributed by atoms with van der Waals surface area (Å²) < 4.78 is 37.6. The largest absolute Gasteiger partial charge is 0.463 e. The van der Waals surface area contributed by atoms with Crippen LogP contribution < -0.4 is 10.0 Å². The van der Waals surface area contributed by atoms with Crippen molar-refractivity contribution in [3.8, 4) is 0 Å². The number of unbranched alkanes of at least 4 members (excludes halogenated alkanes) is 1. The van der Waals surface area contributed by atoms with Gasteiger partial charge in [-0.2, -0.15) is 4.72 Å². The van der Waals surface area contributed by atoms with Crippen molar-refractivity contribution in [2.75, 3.05) is 25.4 Å². The first kappa shape index (κ1) is 27.6. The maximum absolute atomic E-state index is 13.0. The molecule has 1 aliphatic heterocycles. The van der Waals surface area contributed by atoms with Gasteiger partial charge in [0.05, 0.1) is 18.3 Å². The van der Waals surface area contributed by atoms with Gasteiger partial charge in [0, 0.05) is 13.1 Å². The van der Waals surface area contributed by atoms with Gasteiger partial charge in [0.1, 0.15) is 6.61 Å². The molecule has 1 saturated heterocycles. The van der Waals surface area contributed by atoms with E-state index in [0.29, 0.717) is 32.2 Å². The van der Waals surface area contributed by atoms with Crippen molar-refractivity contribution in [1.29, 1.82) is 0 Å². The number of carbonyl (C=O) groups is 3. The van der Waals surface area contributed by atoms with E-state index in [2.05, 4.69) is 10.0 Å². The highest BCUT2D eigenvalue weighted by Crippen LogP contribution is 2.19. The Bertz CT molecular complexity index is 939. The van der Waals surface area contributed by atoms with Crippen LogP contribution in [0.1, 0.15) is 52.0 Å². The smallest absolute Gasteiger partial charge is 0.410 e. The van der Waals surface area contributed by atoms with Crippen LogP contribution in [0.3, 0.4) is 0 Å². The zero-order valence-electron chi connectivity index (χ0n) is 20.0. The lowest BCUT2D eigenvalue weighted by Gasteiger charge is -2.34. The van der Waals surface area contributed by atoms with E-state index in [-0.39, 0.29) is 25.5 Å². The molecule has 1 fully saturated rings. The van der Waals surface area contributed by atoms with Crippen molar-refractivity contribution in [1.82, 2.24) is 14.9 Å². The number of benzene rings is 1. The van der Waals surface area contributed by atoms with E-state index in [9.17, 15) is 22.8 Å². The second-order valence-electron chi connectivity index (χ2n) is 8.43. The highest BCUT2D eigenvalue weighted by atomic mass is 32.2.